The van der Waals surface area contributed by atoms with Crippen LogP contribution in [0.25, 0.3) is 0 Å². The molecule has 126 valence electrons. The maximum atomic E-state index is 12.6. The number of hydrogen-bond acceptors (Lipinski definition) is 4. The van der Waals surface area contributed by atoms with Gasteiger partial charge in [-0.3, -0.25) is 14.8 Å². The molecule has 0 unspecified atom stereocenters. The molecule has 0 atom stereocenters. The number of amides is 2. The van der Waals surface area contributed by atoms with Crippen LogP contribution in [0, 0.1) is 0 Å². The van der Waals surface area contributed by atoms with Gasteiger partial charge in [0.2, 0.25) is 5.91 Å². The normalized spacial score (nSPS) is 10.2. The first kappa shape index (κ1) is 17.7. The van der Waals surface area contributed by atoms with Crippen LogP contribution in [0.1, 0.15) is 22.3 Å². The molecule has 0 aliphatic rings. The van der Waals surface area contributed by atoms with E-state index < -0.39 is 5.91 Å². The van der Waals surface area contributed by atoms with Crippen LogP contribution in [0.15, 0.2) is 54.6 Å². The lowest BCUT2D eigenvalue weighted by Gasteiger charge is -2.22. The molecule has 0 fully saturated rings. The first-order chi connectivity index (χ1) is 11.7. The highest BCUT2D eigenvalue weighted by atomic mass is 16.5. The van der Waals surface area contributed by atoms with Crippen molar-refractivity contribution < 1.29 is 19.9 Å². The number of aliphatic hydroxyl groups is 1. The van der Waals surface area contributed by atoms with E-state index in [0.717, 1.165) is 11.3 Å². The molecule has 6 nitrogen and oxygen atoms in total. The second-order valence-electron chi connectivity index (χ2n) is 5.27. The maximum absolute atomic E-state index is 12.6. The zero-order chi connectivity index (χ0) is 17.4. The van der Waals surface area contributed by atoms with Crippen LogP contribution in [0.5, 0.6) is 0 Å². The molecule has 0 saturated heterocycles. The molecule has 2 aromatic rings. The smallest absolute Gasteiger partial charge is 0.274 e. The summed E-state index contributed by atoms with van der Waals surface area (Å²) in [6.07, 6.45) is 0.678. The lowest BCUT2D eigenvalue weighted by Crippen LogP contribution is -2.33. The van der Waals surface area contributed by atoms with Crippen LogP contribution in [-0.2, 0) is 11.2 Å². The minimum absolute atomic E-state index is 0.0155. The number of para-hydroxylation sites is 1. The third kappa shape index (κ3) is 4.65. The molecule has 0 aliphatic heterocycles. The van der Waals surface area contributed by atoms with E-state index in [1.165, 1.54) is 0 Å². The van der Waals surface area contributed by atoms with Crippen molar-refractivity contribution >= 4 is 17.5 Å². The van der Waals surface area contributed by atoms with Gasteiger partial charge in [0.1, 0.15) is 0 Å². The molecule has 3 N–H and O–H groups in total. The number of benzene rings is 2. The lowest BCUT2D eigenvalue weighted by molar-refractivity contribution is -0.118. The van der Waals surface area contributed by atoms with Crippen LogP contribution in [0.4, 0.5) is 5.69 Å². The molecule has 0 radical (unpaired) electrons. The number of hydrogen-bond donors (Lipinski definition) is 3. The van der Waals surface area contributed by atoms with Gasteiger partial charge in [0, 0.05) is 24.4 Å². The van der Waals surface area contributed by atoms with E-state index in [1.807, 2.05) is 30.3 Å². The van der Waals surface area contributed by atoms with Crippen molar-refractivity contribution in [3.05, 3.63) is 65.7 Å². The zero-order valence-electron chi connectivity index (χ0n) is 13.2. The van der Waals surface area contributed by atoms with Crippen LogP contribution < -0.4 is 10.4 Å². The first-order valence-corrected chi connectivity index (χ1v) is 7.65. The molecular weight excluding hydrogens is 308 g/mol. The SMILES string of the molecule is O=C(NO)c1ccc(CC(=O)N(CCCO)c2ccccc2)cc1. The van der Waals surface area contributed by atoms with Gasteiger partial charge in [0.15, 0.2) is 0 Å². The second-order valence-corrected chi connectivity index (χ2v) is 5.27. The molecule has 0 saturated carbocycles. The fraction of sp³-hybridized carbons (Fsp3) is 0.222. The van der Waals surface area contributed by atoms with E-state index in [9.17, 15) is 9.59 Å². The van der Waals surface area contributed by atoms with Gasteiger partial charge in [-0.1, -0.05) is 30.3 Å². The number of carbonyl (C=O) groups is 2. The Morgan fingerprint density at radius 1 is 1.00 bits per heavy atom. The molecule has 0 bridgehead atoms. The molecule has 2 aromatic carbocycles. The van der Waals surface area contributed by atoms with E-state index in [-0.39, 0.29) is 18.9 Å². The van der Waals surface area contributed by atoms with E-state index in [0.29, 0.717) is 18.5 Å². The maximum Gasteiger partial charge on any atom is 0.274 e. The van der Waals surface area contributed by atoms with Gasteiger partial charge >= 0.3 is 0 Å². The Bertz CT molecular complexity index is 671. The second kappa shape index (κ2) is 8.81. The lowest BCUT2D eigenvalue weighted by atomic mass is 10.1. The fourth-order valence-corrected chi connectivity index (χ4v) is 2.34. The van der Waals surface area contributed by atoms with E-state index in [2.05, 4.69) is 0 Å². The highest BCUT2D eigenvalue weighted by Gasteiger charge is 2.16. The summed E-state index contributed by atoms with van der Waals surface area (Å²) in [4.78, 5) is 25.6. The average Bonchev–Trinajstić information content (AvgIpc) is 2.63. The van der Waals surface area contributed by atoms with Gasteiger partial charge < -0.3 is 10.0 Å². The minimum atomic E-state index is -0.596. The Labute approximate surface area is 140 Å². The minimum Gasteiger partial charge on any atom is -0.396 e. The van der Waals surface area contributed by atoms with Crippen LogP contribution in [-0.4, -0.2) is 35.3 Å². The largest absolute Gasteiger partial charge is 0.396 e. The third-order valence-electron chi connectivity index (χ3n) is 3.58. The number of aliphatic hydroxyl groups excluding tert-OH is 1. The molecular formula is C18H20N2O4. The standard InChI is InChI=1S/C18H20N2O4/c21-12-4-11-20(16-5-2-1-3-6-16)17(22)13-14-7-9-15(10-8-14)18(23)19-24/h1-3,5-10,21,24H,4,11-13H2,(H,19,23). The van der Waals surface area contributed by atoms with Gasteiger partial charge in [0.05, 0.1) is 6.42 Å². The third-order valence-corrected chi connectivity index (χ3v) is 3.58. The van der Waals surface area contributed by atoms with Crippen molar-refractivity contribution in [3.63, 3.8) is 0 Å². The molecule has 0 aromatic heterocycles. The first-order valence-electron chi connectivity index (χ1n) is 7.65. The number of carbonyl (C=O) groups excluding carboxylic acids is 2. The van der Waals surface area contributed by atoms with Crippen LogP contribution in [0.2, 0.25) is 0 Å². The summed E-state index contributed by atoms with van der Waals surface area (Å²) in [5, 5.41) is 17.6. The molecule has 0 aliphatic carbocycles. The highest BCUT2D eigenvalue weighted by Crippen LogP contribution is 2.16. The van der Waals surface area contributed by atoms with Crippen LogP contribution >= 0.6 is 0 Å². The van der Waals surface area contributed by atoms with Gasteiger partial charge in [-0.2, -0.15) is 0 Å². The predicted octanol–water partition coefficient (Wildman–Crippen LogP) is 1.76. The Morgan fingerprint density at radius 2 is 1.67 bits per heavy atom. The Hall–Kier alpha value is -2.70. The summed E-state index contributed by atoms with van der Waals surface area (Å²) in [5.41, 5.74) is 3.43. The van der Waals surface area contributed by atoms with Crippen molar-refractivity contribution in [2.24, 2.45) is 0 Å². The number of rotatable bonds is 7. The Kier molecular flexibility index (Phi) is 6.48. The van der Waals surface area contributed by atoms with Gasteiger partial charge in [-0.05, 0) is 36.2 Å². The Balaban J connectivity index is 2.11. The monoisotopic (exact) mass is 328 g/mol. The molecule has 6 heteroatoms. The molecule has 2 amide bonds. The van der Waals surface area contributed by atoms with E-state index >= 15 is 0 Å². The highest BCUT2D eigenvalue weighted by molar-refractivity contribution is 5.95. The predicted molar refractivity (Wildman–Crippen MR) is 89.9 cm³/mol. The van der Waals surface area contributed by atoms with E-state index in [4.69, 9.17) is 10.3 Å². The summed E-state index contributed by atoms with van der Waals surface area (Å²) in [5.74, 6) is -0.684. The summed E-state index contributed by atoms with van der Waals surface area (Å²) >= 11 is 0. The Morgan fingerprint density at radius 3 is 2.25 bits per heavy atom. The van der Waals surface area contributed by atoms with Gasteiger partial charge in [-0.25, -0.2) is 5.48 Å². The summed E-state index contributed by atoms with van der Waals surface area (Å²) in [6.45, 7) is 0.450. The topological polar surface area (TPSA) is 89.9 Å². The van der Waals surface area contributed by atoms with Crippen molar-refractivity contribution in [3.8, 4) is 0 Å². The van der Waals surface area contributed by atoms with Gasteiger partial charge in [0.25, 0.3) is 5.91 Å². The molecule has 0 heterocycles. The molecule has 0 spiro atoms. The van der Waals surface area contributed by atoms with Gasteiger partial charge in [-0.15, -0.1) is 0 Å². The van der Waals surface area contributed by atoms with Crippen LogP contribution in [0.3, 0.4) is 0 Å². The fourth-order valence-electron chi connectivity index (χ4n) is 2.34. The summed E-state index contributed by atoms with van der Waals surface area (Å²) < 4.78 is 0. The average molecular weight is 328 g/mol. The van der Waals surface area contributed by atoms with Crippen molar-refractivity contribution in [2.45, 2.75) is 12.8 Å². The zero-order valence-corrected chi connectivity index (χ0v) is 13.2. The number of nitrogens with zero attached hydrogens (tertiary/aromatic N) is 1. The quantitative estimate of drug-likeness (QED) is 0.534. The van der Waals surface area contributed by atoms with Crippen molar-refractivity contribution in [1.29, 1.82) is 0 Å². The number of nitrogens with one attached hydrogen (secondary N) is 1. The van der Waals surface area contributed by atoms with Crippen molar-refractivity contribution in [2.75, 3.05) is 18.1 Å². The summed E-state index contributed by atoms with van der Waals surface area (Å²) in [6, 6.07) is 15.8. The summed E-state index contributed by atoms with van der Waals surface area (Å²) in [7, 11) is 0. The molecule has 24 heavy (non-hydrogen) atoms. The van der Waals surface area contributed by atoms with E-state index in [1.54, 1.807) is 34.6 Å². The van der Waals surface area contributed by atoms with Crippen molar-refractivity contribution in [1.82, 2.24) is 5.48 Å². The molecule has 2 rings (SSSR count). The number of anilines is 1. The number of hydroxylamine groups is 1.